The minimum Gasteiger partial charge on any atom is -0.359 e. The molecule has 12 heavy (non-hydrogen) atoms. The van der Waals surface area contributed by atoms with E-state index in [1.165, 1.54) is 0 Å². The van der Waals surface area contributed by atoms with E-state index in [4.69, 9.17) is 0 Å². The fourth-order valence-electron chi connectivity index (χ4n) is 0.835. The molecule has 0 saturated carbocycles. The van der Waals surface area contributed by atoms with Crippen molar-refractivity contribution >= 4 is 37.7 Å². The van der Waals surface area contributed by atoms with Gasteiger partial charge in [0.2, 0.25) is 0 Å². The van der Waals surface area contributed by atoms with Crippen LogP contribution in [0.4, 0.5) is 5.82 Å². The quantitative estimate of drug-likeness (QED) is 0.797. The Labute approximate surface area is 89.2 Å². The highest BCUT2D eigenvalue weighted by molar-refractivity contribution is 9.10. The molecule has 1 rings (SSSR count). The third-order valence-corrected chi connectivity index (χ3v) is 2.35. The molecule has 0 aliphatic carbocycles. The highest BCUT2D eigenvalue weighted by Gasteiger charge is 1.99. The molecular formula is C8H10Br2N2. The van der Waals surface area contributed by atoms with E-state index in [2.05, 4.69) is 41.7 Å². The van der Waals surface area contributed by atoms with Crippen molar-refractivity contribution in [2.45, 2.75) is 0 Å². The largest absolute Gasteiger partial charge is 0.359 e. The third kappa shape index (κ3) is 2.75. The van der Waals surface area contributed by atoms with E-state index < -0.39 is 0 Å². The Balaban J connectivity index is 2.68. The van der Waals surface area contributed by atoms with Crippen molar-refractivity contribution in [3.8, 4) is 0 Å². The molecule has 4 heteroatoms. The predicted octanol–water partition coefficient (Wildman–Crippen LogP) is 2.68. The van der Waals surface area contributed by atoms with Crippen LogP contribution in [0.2, 0.25) is 0 Å². The van der Waals surface area contributed by atoms with E-state index in [1.54, 1.807) is 6.20 Å². The standard InChI is InChI=1S/C8H10Br2N2/c1-12(5-4-9)8-3-2-7(10)6-11-8/h2-3,6H,4-5H2,1H3. The zero-order valence-electron chi connectivity index (χ0n) is 6.80. The highest BCUT2D eigenvalue weighted by Crippen LogP contribution is 2.13. The molecule has 0 N–H and O–H groups in total. The minimum absolute atomic E-state index is 0.960. The lowest BCUT2D eigenvalue weighted by Gasteiger charge is -2.15. The molecule has 2 nitrogen and oxygen atoms in total. The fourth-order valence-corrected chi connectivity index (χ4v) is 1.60. The molecule has 0 amide bonds. The van der Waals surface area contributed by atoms with E-state index in [1.807, 2.05) is 19.2 Å². The molecule has 0 saturated heterocycles. The molecule has 1 heterocycles. The number of rotatable bonds is 3. The van der Waals surface area contributed by atoms with Crippen LogP contribution in [0.3, 0.4) is 0 Å². The van der Waals surface area contributed by atoms with Crippen LogP contribution in [-0.2, 0) is 0 Å². The summed E-state index contributed by atoms with van der Waals surface area (Å²) in [6, 6.07) is 3.99. The van der Waals surface area contributed by atoms with Crippen molar-refractivity contribution in [1.82, 2.24) is 4.98 Å². The van der Waals surface area contributed by atoms with Crippen LogP contribution in [-0.4, -0.2) is 23.9 Å². The minimum atomic E-state index is 0.960. The Hall–Kier alpha value is -0.0900. The Morgan fingerprint density at radius 3 is 2.75 bits per heavy atom. The summed E-state index contributed by atoms with van der Waals surface area (Å²) in [5, 5.41) is 0.960. The van der Waals surface area contributed by atoms with E-state index in [9.17, 15) is 0 Å². The summed E-state index contributed by atoms with van der Waals surface area (Å²) in [6.07, 6.45) is 1.81. The van der Waals surface area contributed by atoms with Gasteiger partial charge in [0.05, 0.1) is 0 Å². The molecule has 0 aliphatic heterocycles. The molecule has 1 aromatic rings. The van der Waals surface area contributed by atoms with Gasteiger partial charge in [-0.05, 0) is 28.1 Å². The normalized spacial score (nSPS) is 9.92. The monoisotopic (exact) mass is 292 g/mol. The summed E-state index contributed by atoms with van der Waals surface area (Å²) in [5.41, 5.74) is 0. The second kappa shape index (κ2) is 4.82. The number of hydrogen-bond donors (Lipinski definition) is 0. The topological polar surface area (TPSA) is 16.1 Å². The van der Waals surface area contributed by atoms with Crippen LogP contribution in [0.15, 0.2) is 22.8 Å². The molecule has 0 fully saturated rings. The van der Waals surface area contributed by atoms with Crippen LogP contribution in [0, 0.1) is 0 Å². The number of aromatic nitrogens is 1. The molecule has 0 aromatic carbocycles. The summed E-state index contributed by atoms with van der Waals surface area (Å²) >= 11 is 6.73. The predicted molar refractivity (Wildman–Crippen MR) is 59.0 cm³/mol. The maximum atomic E-state index is 4.26. The van der Waals surface area contributed by atoms with E-state index >= 15 is 0 Å². The molecule has 66 valence electrons. The molecule has 0 atom stereocenters. The van der Waals surface area contributed by atoms with E-state index in [0.29, 0.717) is 0 Å². The van der Waals surface area contributed by atoms with Gasteiger partial charge in [-0.1, -0.05) is 15.9 Å². The average Bonchev–Trinajstić information content (AvgIpc) is 2.06. The van der Waals surface area contributed by atoms with Gasteiger partial charge in [0.25, 0.3) is 0 Å². The molecule has 0 aliphatic rings. The van der Waals surface area contributed by atoms with E-state index in [0.717, 1.165) is 22.2 Å². The fraction of sp³-hybridized carbons (Fsp3) is 0.375. The molecule has 0 bridgehead atoms. The van der Waals surface area contributed by atoms with Gasteiger partial charge in [0.1, 0.15) is 5.82 Å². The van der Waals surface area contributed by atoms with Crippen molar-refractivity contribution in [3.63, 3.8) is 0 Å². The zero-order valence-corrected chi connectivity index (χ0v) is 9.97. The Morgan fingerprint density at radius 1 is 1.50 bits per heavy atom. The average molecular weight is 294 g/mol. The molecule has 0 unspecified atom stereocenters. The first kappa shape index (κ1) is 9.99. The number of alkyl halides is 1. The molecule has 0 radical (unpaired) electrons. The maximum absolute atomic E-state index is 4.26. The van der Waals surface area contributed by atoms with Crippen molar-refractivity contribution in [3.05, 3.63) is 22.8 Å². The van der Waals surface area contributed by atoms with Gasteiger partial charge in [-0.15, -0.1) is 0 Å². The Bertz CT molecular complexity index is 235. The van der Waals surface area contributed by atoms with Crippen molar-refractivity contribution in [1.29, 1.82) is 0 Å². The second-order valence-electron chi connectivity index (χ2n) is 2.45. The second-order valence-corrected chi connectivity index (χ2v) is 4.15. The molecule has 0 spiro atoms. The lowest BCUT2D eigenvalue weighted by Crippen LogP contribution is -2.20. The third-order valence-electron chi connectivity index (χ3n) is 1.52. The van der Waals surface area contributed by atoms with Crippen LogP contribution in [0.5, 0.6) is 0 Å². The van der Waals surface area contributed by atoms with Gasteiger partial charge >= 0.3 is 0 Å². The first-order valence-electron chi connectivity index (χ1n) is 3.62. The maximum Gasteiger partial charge on any atom is 0.128 e. The summed E-state index contributed by atoms with van der Waals surface area (Å²) < 4.78 is 1.01. The lowest BCUT2D eigenvalue weighted by atomic mass is 10.4. The highest BCUT2D eigenvalue weighted by atomic mass is 79.9. The lowest BCUT2D eigenvalue weighted by molar-refractivity contribution is 0.949. The number of halogens is 2. The van der Waals surface area contributed by atoms with Crippen molar-refractivity contribution in [2.75, 3.05) is 23.8 Å². The van der Waals surface area contributed by atoms with Crippen LogP contribution in [0.1, 0.15) is 0 Å². The van der Waals surface area contributed by atoms with Gasteiger partial charge in [0.15, 0.2) is 0 Å². The van der Waals surface area contributed by atoms with Gasteiger partial charge in [-0.3, -0.25) is 0 Å². The first-order valence-corrected chi connectivity index (χ1v) is 5.54. The van der Waals surface area contributed by atoms with Crippen LogP contribution in [0.25, 0.3) is 0 Å². The van der Waals surface area contributed by atoms with Crippen molar-refractivity contribution < 1.29 is 0 Å². The number of anilines is 1. The molecule has 1 aromatic heterocycles. The SMILES string of the molecule is CN(CCBr)c1ccc(Br)cn1. The van der Waals surface area contributed by atoms with Crippen LogP contribution >= 0.6 is 31.9 Å². The van der Waals surface area contributed by atoms with Gasteiger partial charge < -0.3 is 4.90 Å². The van der Waals surface area contributed by atoms with Crippen molar-refractivity contribution in [2.24, 2.45) is 0 Å². The van der Waals surface area contributed by atoms with Gasteiger partial charge in [0, 0.05) is 29.6 Å². The number of pyridine rings is 1. The number of hydrogen-bond acceptors (Lipinski definition) is 2. The first-order chi connectivity index (χ1) is 5.74. The van der Waals surface area contributed by atoms with E-state index in [-0.39, 0.29) is 0 Å². The molecular weight excluding hydrogens is 284 g/mol. The summed E-state index contributed by atoms with van der Waals surface area (Å²) in [4.78, 5) is 6.35. The zero-order chi connectivity index (χ0) is 8.97. The summed E-state index contributed by atoms with van der Waals surface area (Å²) in [7, 11) is 2.03. The Kier molecular flexibility index (Phi) is 4.01. The number of nitrogens with zero attached hydrogens (tertiary/aromatic N) is 2. The summed E-state index contributed by atoms with van der Waals surface area (Å²) in [6.45, 7) is 0.967. The van der Waals surface area contributed by atoms with Gasteiger partial charge in [-0.2, -0.15) is 0 Å². The smallest absolute Gasteiger partial charge is 0.128 e. The Morgan fingerprint density at radius 2 is 2.25 bits per heavy atom. The van der Waals surface area contributed by atoms with Crippen LogP contribution < -0.4 is 4.90 Å². The summed E-state index contributed by atoms with van der Waals surface area (Å²) in [5.74, 6) is 0.998. The van der Waals surface area contributed by atoms with Gasteiger partial charge in [-0.25, -0.2) is 4.98 Å².